The van der Waals surface area contributed by atoms with E-state index >= 15 is 0 Å². The standard InChI is InChI=1S/C10H17NO4/c1-7(5-6-11)8(12)14-9(13)15-10(2,3)4/h5-7H,11H2,1-4H3/t7-/m1/s1. The van der Waals surface area contributed by atoms with Crippen LogP contribution in [0.1, 0.15) is 27.7 Å². The second kappa shape index (κ2) is 5.38. The Bertz CT molecular complexity index is 265. The van der Waals surface area contributed by atoms with Gasteiger partial charge in [-0.3, -0.25) is 4.79 Å². The Morgan fingerprint density at radius 2 is 1.87 bits per heavy atom. The van der Waals surface area contributed by atoms with Crippen molar-refractivity contribution in [2.75, 3.05) is 0 Å². The highest BCUT2D eigenvalue weighted by molar-refractivity contribution is 5.84. The molecule has 0 aromatic rings. The van der Waals surface area contributed by atoms with Crippen molar-refractivity contribution in [3.05, 3.63) is 12.3 Å². The number of rotatable bonds is 2. The first-order valence-corrected chi connectivity index (χ1v) is 4.59. The summed E-state index contributed by atoms with van der Waals surface area (Å²) in [5.74, 6) is -1.26. The lowest BCUT2D eigenvalue weighted by molar-refractivity contribution is -0.143. The smallest absolute Gasteiger partial charge is 0.428 e. The van der Waals surface area contributed by atoms with Gasteiger partial charge < -0.3 is 15.2 Å². The number of hydrogen-bond donors (Lipinski definition) is 1. The largest absolute Gasteiger partial charge is 0.516 e. The van der Waals surface area contributed by atoms with Crippen molar-refractivity contribution >= 4 is 12.1 Å². The second-order valence-corrected chi connectivity index (χ2v) is 4.06. The maximum atomic E-state index is 11.2. The van der Waals surface area contributed by atoms with E-state index in [4.69, 9.17) is 10.5 Å². The van der Waals surface area contributed by atoms with Crippen molar-refractivity contribution in [1.82, 2.24) is 0 Å². The third kappa shape index (κ3) is 6.54. The molecule has 0 rings (SSSR count). The van der Waals surface area contributed by atoms with Crippen LogP contribution in [-0.2, 0) is 14.3 Å². The van der Waals surface area contributed by atoms with Gasteiger partial charge in [0.05, 0.1) is 5.92 Å². The predicted octanol–water partition coefficient (Wildman–Crippen LogP) is 1.57. The van der Waals surface area contributed by atoms with Gasteiger partial charge in [0, 0.05) is 0 Å². The van der Waals surface area contributed by atoms with Gasteiger partial charge in [-0.2, -0.15) is 0 Å². The fourth-order valence-corrected chi connectivity index (χ4v) is 0.691. The fourth-order valence-electron chi connectivity index (χ4n) is 0.691. The van der Waals surface area contributed by atoms with Crippen LogP contribution < -0.4 is 5.73 Å². The lowest BCUT2D eigenvalue weighted by Gasteiger charge is -2.18. The molecule has 0 unspecified atom stereocenters. The molecule has 15 heavy (non-hydrogen) atoms. The normalized spacial score (nSPS) is 13.6. The molecule has 5 heteroatoms. The van der Waals surface area contributed by atoms with Crippen molar-refractivity contribution in [3.8, 4) is 0 Å². The Balaban J connectivity index is 4.14. The maximum Gasteiger partial charge on any atom is 0.516 e. The van der Waals surface area contributed by atoms with Crippen LogP contribution in [0.25, 0.3) is 0 Å². The maximum absolute atomic E-state index is 11.2. The Morgan fingerprint density at radius 1 is 1.33 bits per heavy atom. The summed E-state index contributed by atoms with van der Waals surface area (Å²) in [5, 5.41) is 0. The SMILES string of the molecule is C[C@H](C=CN)C(=O)OC(=O)OC(C)(C)C. The van der Waals surface area contributed by atoms with Crippen LogP contribution >= 0.6 is 0 Å². The van der Waals surface area contributed by atoms with E-state index in [1.165, 1.54) is 12.3 Å². The Morgan fingerprint density at radius 3 is 2.27 bits per heavy atom. The summed E-state index contributed by atoms with van der Waals surface area (Å²) < 4.78 is 9.23. The Hall–Kier alpha value is -1.52. The molecule has 0 aliphatic carbocycles. The van der Waals surface area contributed by atoms with Gasteiger partial charge >= 0.3 is 12.1 Å². The van der Waals surface area contributed by atoms with E-state index in [1.54, 1.807) is 27.7 Å². The van der Waals surface area contributed by atoms with E-state index in [0.717, 1.165) is 0 Å². The van der Waals surface area contributed by atoms with Gasteiger partial charge in [0.25, 0.3) is 0 Å². The topological polar surface area (TPSA) is 78.6 Å². The van der Waals surface area contributed by atoms with Gasteiger partial charge in [0.15, 0.2) is 0 Å². The minimum absolute atomic E-state index is 0.567. The van der Waals surface area contributed by atoms with Crippen molar-refractivity contribution in [2.45, 2.75) is 33.3 Å². The first kappa shape index (κ1) is 13.5. The summed E-state index contributed by atoms with van der Waals surface area (Å²) in [5.41, 5.74) is 4.42. The van der Waals surface area contributed by atoms with Crippen LogP contribution in [0.5, 0.6) is 0 Å². The van der Waals surface area contributed by atoms with Crippen LogP contribution in [0.15, 0.2) is 12.3 Å². The lowest BCUT2D eigenvalue weighted by atomic mass is 10.2. The van der Waals surface area contributed by atoms with Crippen molar-refractivity contribution in [1.29, 1.82) is 0 Å². The summed E-state index contributed by atoms with van der Waals surface area (Å²) in [6.07, 6.45) is 1.65. The van der Waals surface area contributed by atoms with Gasteiger partial charge in [-0.15, -0.1) is 0 Å². The number of carbonyl (C=O) groups is 2. The first-order chi connectivity index (χ1) is 6.76. The van der Waals surface area contributed by atoms with E-state index in [0.29, 0.717) is 0 Å². The van der Waals surface area contributed by atoms with Gasteiger partial charge in [-0.05, 0) is 33.9 Å². The fraction of sp³-hybridized carbons (Fsp3) is 0.600. The van der Waals surface area contributed by atoms with Crippen LogP contribution in [-0.4, -0.2) is 17.7 Å². The molecular weight excluding hydrogens is 198 g/mol. The van der Waals surface area contributed by atoms with E-state index in [2.05, 4.69) is 4.74 Å². The van der Waals surface area contributed by atoms with Crippen molar-refractivity contribution in [2.24, 2.45) is 11.7 Å². The number of nitrogens with two attached hydrogens (primary N) is 1. The summed E-state index contributed by atoms with van der Waals surface area (Å²) in [4.78, 5) is 22.3. The molecule has 0 fully saturated rings. The third-order valence-electron chi connectivity index (χ3n) is 1.35. The molecule has 1 atom stereocenters. The molecule has 0 saturated carbocycles. The minimum atomic E-state index is -0.996. The molecule has 0 heterocycles. The van der Waals surface area contributed by atoms with E-state index in [-0.39, 0.29) is 0 Å². The zero-order valence-corrected chi connectivity index (χ0v) is 9.44. The molecule has 86 valence electrons. The molecule has 0 aliphatic rings. The molecule has 5 nitrogen and oxygen atoms in total. The van der Waals surface area contributed by atoms with E-state index < -0.39 is 23.6 Å². The van der Waals surface area contributed by atoms with Crippen molar-refractivity contribution < 1.29 is 19.1 Å². The average Bonchev–Trinajstić information content (AvgIpc) is 2.00. The van der Waals surface area contributed by atoms with Crippen LogP contribution in [0.3, 0.4) is 0 Å². The molecule has 0 spiro atoms. The second-order valence-electron chi connectivity index (χ2n) is 4.06. The van der Waals surface area contributed by atoms with Gasteiger partial charge in [-0.1, -0.05) is 6.08 Å². The minimum Gasteiger partial charge on any atom is -0.428 e. The zero-order chi connectivity index (χ0) is 12.1. The van der Waals surface area contributed by atoms with Gasteiger partial charge in [0.1, 0.15) is 5.60 Å². The van der Waals surface area contributed by atoms with Crippen LogP contribution in [0.4, 0.5) is 4.79 Å². The lowest BCUT2D eigenvalue weighted by Crippen LogP contribution is -2.27. The summed E-state index contributed by atoms with van der Waals surface area (Å²) in [6.45, 7) is 6.61. The highest BCUT2D eigenvalue weighted by atomic mass is 16.7. The molecule has 0 aromatic heterocycles. The number of carbonyl (C=O) groups excluding carboxylic acids is 2. The molecule has 0 radical (unpaired) electrons. The zero-order valence-electron chi connectivity index (χ0n) is 9.44. The van der Waals surface area contributed by atoms with Gasteiger partial charge in [0.2, 0.25) is 0 Å². The molecule has 0 bridgehead atoms. The summed E-state index contributed by atoms with van der Waals surface area (Å²) >= 11 is 0. The van der Waals surface area contributed by atoms with E-state index in [9.17, 15) is 9.59 Å². The van der Waals surface area contributed by atoms with Crippen LogP contribution in [0.2, 0.25) is 0 Å². The Kier molecular flexibility index (Phi) is 4.84. The quantitative estimate of drug-likeness (QED) is 0.558. The number of hydrogen-bond acceptors (Lipinski definition) is 5. The molecule has 0 saturated heterocycles. The molecular formula is C10H17NO4. The third-order valence-corrected chi connectivity index (χ3v) is 1.35. The number of ether oxygens (including phenoxy) is 2. The summed E-state index contributed by atoms with van der Waals surface area (Å²) in [7, 11) is 0. The molecule has 0 aliphatic heterocycles. The molecule has 0 aromatic carbocycles. The molecule has 2 N–H and O–H groups in total. The predicted molar refractivity (Wildman–Crippen MR) is 54.8 cm³/mol. The summed E-state index contributed by atoms with van der Waals surface area (Å²) in [6, 6.07) is 0. The Labute approximate surface area is 89.2 Å². The highest BCUT2D eigenvalue weighted by Gasteiger charge is 2.22. The van der Waals surface area contributed by atoms with Crippen LogP contribution in [0, 0.1) is 5.92 Å². The van der Waals surface area contributed by atoms with Gasteiger partial charge in [-0.25, -0.2) is 4.79 Å². The highest BCUT2D eigenvalue weighted by Crippen LogP contribution is 2.09. The average molecular weight is 215 g/mol. The molecule has 0 amide bonds. The van der Waals surface area contributed by atoms with E-state index in [1.807, 2.05) is 0 Å². The number of esters is 1. The van der Waals surface area contributed by atoms with Crippen molar-refractivity contribution in [3.63, 3.8) is 0 Å². The first-order valence-electron chi connectivity index (χ1n) is 4.59. The monoisotopic (exact) mass is 215 g/mol.